The number of rotatable bonds is 6. The molecule has 1 unspecified atom stereocenters. The summed E-state index contributed by atoms with van der Waals surface area (Å²) in [5.41, 5.74) is 7.55. The average molecular weight is 320 g/mol. The van der Waals surface area contributed by atoms with Crippen molar-refractivity contribution in [1.82, 2.24) is 5.32 Å². The lowest BCUT2D eigenvalue weighted by Gasteiger charge is -2.21. The third-order valence-corrected chi connectivity index (χ3v) is 4.08. The maximum atomic E-state index is 12.1. The quantitative estimate of drug-likeness (QED) is 0.733. The number of carbonyl (C=O) groups is 1. The highest BCUT2D eigenvalue weighted by Crippen LogP contribution is 2.33. The highest BCUT2D eigenvalue weighted by Gasteiger charge is 2.23. The number of amides is 1. The Balaban J connectivity index is 2.02. The van der Waals surface area contributed by atoms with Crippen molar-refractivity contribution in [2.75, 3.05) is 7.11 Å². The Morgan fingerprint density at radius 3 is 2.46 bits per heavy atom. The summed E-state index contributed by atoms with van der Waals surface area (Å²) in [6.45, 7) is 0.542. The van der Waals surface area contributed by atoms with Gasteiger partial charge in [0.1, 0.15) is 11.8 Å². The van der Waals surface area contributed by atoms with Crippen LogP contribution in [0.15, 0.2) is 66.7 Å². The normalized spacial score (nSPS) is 12.0. The number of benzene rings is 3. The first-order valence-electron chi connectivity index (χ1n) is 7.83. The molecule has 0 fully saturated rings. The molecule has 0 heterocycles. The number of nitrogens with one attached hydrogen (secondary N) is 1. The van der Waals surface area contributed by atoms with Gasteiger partial charge in [-0.25, -0.2) is 0 Å². The Morgan fingerprint density at radius 1 is 1.04 bits per heavy atom. The molecule has 0 radical (unpaired) electrons. The lowest BCUT2D eigenvalue weighted by molar-refractivity contribution is -0.120. The Morgan fingerprint density at radius 2 is 1.75 bits per heavy atom. The van der Waals surface area contributed by atoms with Crippen LogP contribution in [0.2, 0.25) is 0 Å². The minimum absolute atomic E-state index is 0.430. The second kappa shape index (κ2) is 7.15. The van der Waals surface area contributed by atoms with E-state index in [1.54, 1.807) is 7.11 Å². The van der Waals surface area contributed by atoms with Gasteiger partial charge in [0.25, 0.3) is 0 Å². The first-order chi connectivity index (χ1) is 11.7. The molecule has 0 spiro atoms. The van der Waals surface area contributed by atoms with Gasteiger partial charge in [0.05, 0.1) is 7.11 Å². The van der Waals surface area contributed by atoms with Crippen LogP contribution in [0, 0.1) is 0 Å². The van der Waals surface area contributed by atoms with Crippen LogP contribution >= 0.6 is 0 Å². The monoisotopic (exact) mass is 320 g/mol. The van der Waals surface area contributed by atoms with Crippen LogP contribution in [0.3, 0.4) is 0 Å². The fraction of sp³-hybridized carbons (Fsp3) is 0.150. The van der Waals surface area contributed by atoms with Gasteiger partial charge in [-0.3, -0.25) is 10.1 Å². The first kappa shape index (κ1) is 16.0. The van der Waals surface area contributed by atoms with E-state index < -0.39 is 11.9 Å². The van der Waals surface area contributed by atoms with Crippen LogP contribution in [0.4, 0.5) is 0 Å². The van der Waals surface area contributed by atoms with Gasteiger partial charge in [-0.05, 0) is 22.4 Å². The van der Waals surface area contributed by atoms with Gasteiger partial charge in [-0.2, -0.15) is 0 Å². The zero-order valence-corrected chi connectivity index (χ0v) is 13.5. The molecular weight excluding hydrogens is 300 g/mol. The van der Waals surface area contributed by atoms with Crippen LogP contribution in [0.25, 0.3) is 10.8 Å². The number of hydrogen-bond acceptors (Lipinski definition) is 3. The molecule has 24 heavy (non-hydrogen) atoms. The number of primary amides is 1. The molecule has 0 aliphatic rings. The maximum Gasteiger partial charge on any atom is 0.239 e. The predicted molar refractivity (Wildman–Crippen MR) is 95.7 cm³/mol. The summed E-state index contributed by atoms with van der Waals surface area (Å²) >= 11 is 0. The highest BCUT2D eigenvalue weighted by molar-refractivity contribution is 5.94. The lowest BCUT2D eigenvalue weighted by atomic mass is 9.96. The van der Waals surface area contributed by atoms with E-state index in [0.29, 0.717) is 12.3 Å². The molecule has 3 N–H and O–H groups in total. The van der Waals surface area contributed by atoms with E-state index in [1.807, 2.05) is 66.7 Å². The van der Waals surface area contributed by atoms with E-state index in [-0.39, 0.29) is 0 Å². The summed E-state index contributed by atoms with van der Waals surface area (Å²) in [5, 5.41) is 5.27. The van der Waals surface area contributed by atoms with Crippen molar-refractivity contribution < 1.29 is 9.53 Å². The summed E-state index contributed by atoms with van der Waals surface area (Å²) in [6, 6.07) is 21.0. The number of ether oxygens (including phenoxy) is 1. The average Bonchev–Trinajstić information content (AvgIpc) is 2.62. The molecule has 0 aliphatic heterocycles. The predicted octanol–water partition coefficient (Wildman–Crippen LogP) is 3.16. The molecule has 3 aromatic rings. The molecule has 4 nitrogen and oxygen atoms in total. The first-order valence-corrected chi connectivity index (χ1v) is 7.83. The van der Waals surface area contributed by atoms with Gasteiger partial charge < -0.3 is 10.5 Å². The fourth-order valence-electron chi connectivity index (χ4n) is 2.91. The molecule has 4 heteroatoms. The van der Waals surface area contributed by atoms with E-state index >= 15 is 0 Å². The van der Waals surface area contributed by atoms with Crippen LogP contribution in [-0.2, 0) is 11.3 Å². The third-order valence-electron chi connectivity index (χ3n) is 4.08. The Kier molecular flexibility index (Phi) is 4.77. The summed E-state index contributed by atoms with van der Waals surface area (Å²) in [7, 11) is 1.60. The lowest BCUT2D eigenvalue weighted by Crippen LogP contribution is -2.33. The van der Waals surface area contributed by atoms with E-state index in [2.05, 4.69) is 5.32 Å². The molecule has 122 valence electrons. The van der Waals surface area contributed by atoms with E-state index in [9.17, 15) is 4.79 Å². The Labute approximate surface area is 141 Å². The largest absolute Gasteiger partial charge is 0.496 e. The van der Waals surface area contributed by atoms with Crippen molar-refractivity contribution in [2.45, 2.75) is 12.6 Å². The highest BCUT2D eigenvalue weighted by atomic mass is 16.5. The standard InChI is InChI=1S/C20H20N2O2/c1-24-17-12-11-15-9-5-6-10-16(15)18(17)19(20(21)23)22-13-14-7-3-2-4-8-14/h2-12,19,22H,13H2,1H3,(H2,21,23). The van der Waals surface area contributed by atoms with Crippen molar-refractivity contribution in [1.29, 1.82) is 0 Å². The summed E-state index contributed by atoms with van der Waals surface area (Å²) in [5.74, 6) is 0.221. The van der Waals surface area contributed by atoms with Crippen LogP contribution in [0.1, 0.15) is 17.2 Å². The third kappa shape index (κ3) is 3.24. The summed E-state index contributed by atoms with van der Waals surface area (Å²) in [4.78, 5) is 12.1. The van der Waals surface area contributed by atoms with Gasteiger partial charge >= 0.3 is 0 Å². The molecular formula is C20H20N2O2. The molecule has 0 saturated heterocycles. The maximum absolute atomic E-state index is 12.1. The van der Waals surface area contributed by atoms with Gasteiger partial charge in [-0.15, -0.1) is 0 Å². The topological polar surface area (TPSA) is 64.3 Å². The minimum atomic E-state index is -0.633. The summed E-state index contributed by atoms with van der Waals surface area (Å²) < 4.78 is 5.49. The van der Waals surface area contributed by atoms with E-state index in [0.717, 1.165) is 21.9 Å². The van der Waals surface area contributed by atoms with Crippen LogP contribution < -0.4 is 15.8 Å². The van der Waals surface area contributed by atoms with Gasteiger partial charge in [-0.1, -0.05) is 60.7 Å². The van der Waals surface area contributed by atoms with E-state index in [4.69, 9.17) is 10.5 Å². The molecule has 3 rings (SSSR count). The Hall–Kier alpha value is -2.85. The fourth-order valence-corrected chi connectivity index (χ4v) is 2.91. The number of carbonyl (C=O) groups excluding carboxylic acids is 1. The molecule has 3 aromatic carbocycles. The second-order valence-electron chi connectivity index (χ2n) is 5.60. The number of fused-ring (bicyclic) bond motifs is 1. The van der Waals surface area contributed by atoms with Gasteiger partial charge in [0, 0.05) is 12.1 Å². The molecule has 0 bridgehead atoms. The van der Waals surface area contributed by atoms with E-state index in [1.165, 1.54) is 0 Å². The molecule has 1 amide bonds. The van der Waals surface area contributed by atoms with Crippen LogP contribution in [-0.4, -0.2) is 13.0 Å². The zero-order valence-electron chi connectivity index (χ0n) is 13.5. The number of methoxy groups -OCH3 is 1. The molecule has 0 aromatic heterocycles. The van der Waals surface area contributed by atoms with Crippen LogP contribution in [0.5, 0.6) is 5.75 Å². The second-order valence-corrected chi connectivity index (χ2v) is 5.60. The van der Waals surface area contributed by atoms with Crippen molar-refractivity contribution >= 4 is 16.7 Å². The van der Waals surface area contributed by atoms with Crippen molar-refractivity contribution in [3.05, 3.63) is 77.9 Å². The zero-order chi connectivity index (χ0) is 16.9. The minimum Gasteiger partial charge on any atom is -0.496 e. The molecule has 0 aliphatic carbocycles. The SMILES string of the molecule is COc1ccc2ccccc2c1C(NCc1ccccc1)C(N)=O. The van der Waals surface area contributed by atoms with Crippen molar-refractivity contribution in [2.24, 2.45) is 5.73 Å². The van der Waals surface area contributed by atoms with Gasteiger partial charge in [0.2, 0.25) is 5.91 Å². The van der Waals surface area contributed by atoms with Crippen molar-refractivity contribution in [3.63, 3.8) is 0 Å². The van der Waals surface area contributed by atoms with Gasteiger partial charge in [0.15, 0.2) is 0 Å². The molecule has 1 atom stereocenters. The molecule has 0 saturated carbocycles. The Bertz CT molecular complexity index is 847. The smallest absolute Gasteiger partial charge is 0.239 e. The summed E-state index contributed by atoms with van der Waals surface area (Å²) in [6.07, 6.45) is 0. The number of hydrogen-bond donors (Lipinski definition) is 2. The van der Waals surface area contributed by atoms with Crippen molar-refractivity contribution in [3.8, 4) is 5.75 Å². The number of nitrogens with two attached hydrogens (primary N) is 1.